The summed E-state index contributed by atoms with van der Waals surface area (Å²) in [6.07, 6.45) is 0. The van der Waals surface area contributed by atoms with Crippen LogP contribution in [0.2, 0.25) is 0 Å². The Kier molecular flexibility index (Phi) is 5.43. The van der Waals surface area contributed by atoms with E-state index in [1.165, 1.54) is 16.2 Å². The summed E-state index contributed by atoms with van der Waals surface area (Å²) in [5, 5.41) is 8.74. The first-order chi connectivity index (χ1) is 12.7. The molecule has 0 saturated heterocycles. The van der Waals surface area contributed by atoms with Crippen molar-refractivity contribution in [3.8, 4) is 0 Å². The number of carbonyl (C=O) groups is 2. The molecule has 0 radical (unpaired) electrons. The Morgan fingerprint density at radius 2 is 1.89 bits per heavy atom. The maximum absolute atomic E-state index is 12.3. The molecule has 0 aliphatic rings. The van der Waals surface area contributed by atoms with Crippen LogP contribution in [0.15, 0.2) is 36.4 Å². The van der Waals surface area contributed by atoms with E-state index in [2.05, 4.69) is 27.8 Å². The lowest BCUT2D eigenvalue weighted by atomic mass is 10.1. The lowest BCUT2D eigenvalue weighted by molar-refractivity contribution is -0.132. The van der Waals surface area contributed by atoms with Gasteiger partial charge < -0.3 is 15.5 Å². The third kappa shape index (κ3) is 4.81. The van der Waals surface area contributed by atoms with Gasteiger partial charge in [0.1, 0.15) is 0 Å². The Balaban J connectivity index is 1.65. The second-order valence-electron chi connectivity index (χ2n) is 7.56. The number of benzene rings is 2. The lowest BCUT2D eigenvalue weighted by Gasteiger charge is -2.23. The first kappa shape index (κ1) is 19.3. The number of rotatable bonds is 5. The summed E-state index contributed by atoms with van der Waals surface area (Å²) in [7, 11) is 1.62. The van der Waals surface area contributed by atoms with Crippen molar-refractivity contribution in [2.75, 3.05) is 25.5 Å². The van der Waals surface area contributed by atoms with Gasteiger partial charge in [0.25, 0.3) is 0 Å². The molecule has 2 N–H and O–H groups in total. The van der Waals surface area contributed by atoms with Crippen molar-refractivity contribution in [2.24, 2.45) is 0 Å². The highest BCUT2D eigenvalue weighted by Gasteiger charge is 2.17. The standard InChI is InChI=1S/C20H24N4O2S/c1-20(2,3)21-11-17(26)24(4)12-16(25)23-19-22-15-10-9-13-7-5-6-8-14(13)18(15)27-19/h5-10,21H,11-12H2,1-4H3,(H,22,23,25). The Labute approximate surface area is 162 Å². The average molecular weight is 385 g/mol. The van der Waals surface area contributed by atoms with Crippen molar-refractivity contribution in [2.45, 2.75) is 26.3 Å². The Hall–Kier alpha value is -2.51. The number of fused-ring (bicyclic) bond motifs is 3. The average Bonchev–Trinajstić information content (AvgIpc) is 3.01. The first-order valence-corrected chi connectivity index (χ1v) is 9.62. The van der Waals surface area contributed by atoms with Gasteiger partial charge in [-0.3, -0.25) is 9.59 Å². The van der Waals surface area contributed by atoms with Crippen LogP contribution in [0, 0.1) is 0 Å². The van der Waals surface area contributed by atoms with Crippen LogP contribution in [0.1, 0.15) is 20.8 Å². The van der Waals surface area contributed by atoms with E-state index in [1.54, 1.807) is 7.05 Å². The van der Waals surface area contributed by atoms with Crippen molar-refractivity contribution < 1.29 is 9.59 Å². The van der Waals surface area contributed by atoms with Crippen molar-refractivity contribution >= 4 is 49.3 Å². The van der Waals surface area contributed by atoms with Gasteiger partial charge in [0.05, 0.1) is 23.3 Å². The summed E-state index contributed by atoms with van der Waals surface area (Å²) in [5.41, 5.74) is 0.704. The summed E-state index contributed by atoms with van der Waals surface area (Å²) in [6.45, 7) is 6.15. The molecule has 0 atom stereocenters. The minimum atomic E-state index is -0.259. The zero-order valence-electron chi connectivity index (χ0n) is 16.0. The van der Waals surface area contributed by atoms with Crippen molar-refractivity contribution in [3.05, 3.63) is 36.4 Å². The predicted molar refractivity (Wildman–Crippen MR) is 111 cm³/mol. The number of aromatic nitrogens is 1. The molecule has 0 spiro atoms. The van der Waals surface area contributed by atoms with Crippen LogP contribution < -0.4 is 10.6 Å². The zero-order valence-corrected chi connectivity index (χ0v) is 16.8. The molecular formula is C20H24N4O2S. The topological polar surface area (TPSA) is 74.3 Å². The highest BCUT2D eigenvalue weighted by molar-refractivity contribution is 7.23. The van der Waals surface area contributed by atoms with E-state index in [-0.39, 0.29) is 30.4 Å². The number of hydrogen-bond acceptors (Lipinski definition) is 5. The van der Waals surface area contributed by atoms with Gasteiger partial charge in [0.2, 0.25) is 11.8 Å². The Morgan fingerprint density at radius 3 is 2.63 bits per heavy atom. The van der Waals surface area contributed by atoms with E-state index in [4.69, 9.17) is 0 Å². The largest absolute Gasteiger partial charge is 0.335 e. The fourth-order valence-corrected chi connectivity index (χ4v) is 3.66. The van der Waals surface area contributed by atoms with Crippen molar-refractivity contribution in [1.29, 1.82) is 0 Å². The van der Waals surface area contributed by atoms with Crippen molar-refractivity contribution in [1.82, 2.24) is 15.2 Å². The van der Waals surface area contributed by atoms with Crippen LogP contribution in [0.3, 0.4) is 0 Å². The van der Waals surface area contributed by atoms with Gasteiger partial charge in [0.15, 0.2) is 5.13 Å². The third-order valence-electron chi connectivity index (χ3n) is 4.10. The number of nitrogens with one attached hydrogen (secondary N) is 2. The second kappa shape index (κ2) is 7.62. The van der Waals surface area contributed by atoms with Crippen LogP contribution in [0.25, 0.3) is 21.0 Å². The third-order valence-corrected chi connectivity index (χ3v) is 5.12. The van der Waals surface area contributed by atoms with Gasteiger partial charge >= 0.3 is 0 Å². The maximum atomic E-state index is 12.3. The van der Waals surface area contributed by atoms with Crippen LogP contribution in [0.5, 0.6) is 0 Å². The van der Waals surface area contributed by atoms with Crippen LogP contribution in [0.4, 0.5) is 5.13 Å². The Bertz CT molecular complexity index is 990. The highest BCUT2D eigenvalue weighted by atomic mass is 32.1. The van der Waals surface area contributed by atoms with Crippen LogP contribution in [-0.2, 0) is 9.59 Å². The molecule has 0 aliphatic carbocycles. The second-order valence-corrected chi connectivity index (χ2v) is 8.55. The van der Waals surface area contributed by atoms with E-state index >= 15 is 0 Å². The summed E-state index contributed by atoms with van der Waals surface area (Å²) in [6, 6.07) is 12.1. The molecule has 0 unspecified atom stereocenters. The molecule has 27 heavy (non-hydrogen) atoms. The van der Waals surface area contributed by atoms with E-state index < -0.39 is 0 Å². The van der Waals surface area contributed by atoms with E-state index in [9.17, 15) is 9.59 Å². The van der Waals surface area contributed by atoms with E-state index in [1.807, 2.05) is 45.0 Å². The quantitative estimate of drug-likeness (QED) is 0.708. The van der Waals surface area contributed by atoms with Gasteiger partial charge in [-0.25, -0.2) is 4.98 Å². The highest BCUT2D eigenvalue weighted by Crippen LogP contribution is 2.32. The number of nitrogens with zero attached hydrogens (tertiary/aromatic N) is 2. The van der Waals surface area contributed by atoms with E-state index in [0.29, 0.717) is 5.13 Å². The minimum Gasteiger partial charge on any atom is -0.335 e. The van der Waals surface area contributed by atoms with E-state index in [0.717, 1.165) is 21.0 Å². The molecule has 0 fully saturated rings. The van der Waals surface area contributed by atoms with Crippen molar-refractivity contribution in [3.63, 3.8) is 0 Å². The normalized spacial score (nSPS) is 11.7. The molecule has 0 saturated carbocycles. The van der Waals surface area contributed by atoms with Crippen LogP contribution in [-0.4, -0.2) is 47.4 Å². The minimum absolute atomic E-state index is 0.0126. The summed E-state index contributed by atoms with van der Waals surface area (Å²) >= 11 is 1.45. The molecule has 2 aromatic carbocycles. The number of amides is 2. The molecule has 7 heteroatoms. The lowest BCUT2D eigenvalue weighted by Crippen LogP contribution is -2.45. The molecule has 3 rings (SSSR count). The number of hydrogen-bond donors (Lipinski definition) is 2. The fraction of sp³-hybridized carbons (Fsp3) is 0.350. The molecule has 3 aromatic rings. The summed E-state index contributed by atoms with van der Waals surface area (Å²) in [4.78, 5) is 30.4. The van der Waals surface area contributed by atoms with Gasteiger partial charge in [-0.05, 0) is 32.2 Å². The van der Waals surface area contributed by atoms with Crippen LogP contribution >= 0.6 is 11.3 Å². The molecule has 0 aliphatic heterocycles. The SMILES string of the molecule is CN(CC(=O)Nc1nc2ccc3ccccc3c2s1)C(=O)CNC(C)(C)C. The number of thiazole rings is 1. The first-order valence-electron chi connectivity index (χ1n) is 8.80. The maximum Gasteiger partial charge on any atom is 0.245 e. The zero-order chi connectivity index (χ0) is 19.6. The molecule has 1 aromatic heterocycles. The summed E-state index contributed by atoms with van der Waals surface area (Å²) < 4.78 is 1.04. The molecule has 142 valence electrons. The number of anilines is 1. The molecule has 2 amide bonds. The van der Waals surface area contributed by atoms with Gasteiger partial charge in [-0.15, -0.1) is 0 Å². The summed E-state index contributed by atoms with van der Waals surface area (Å²) in [5.74, 6) is -0.389. The number of carbonyl (C=O) groups excluding carboxylic acids is 2. The van der Waals surface area contributed by atoms with Gasteiger partial charge in [0, 0.05) is 18.0 Å². The molecule has 0 bridgehead atoms. The fourth-order valence-electron chi connectivity index (χ4n) is 2.65. The molecule has 1 heterocycles. The van der Waals surface area contributed by atoms with Gasteiger partial charge in [-0.1, -0.05) is 41.7 Å². The monoisotopic (exact) mass is 384 g/mol. The Morgan fingerprint density at radius 1 is 1.15 bits per heavy atom. The number of likely N-dealkylation sites (N-methyl/N-ethyl adjacent to an activating group) is 1. The smallest absolute Gasteiger partial charge is 0.245 e. The van der Waals surface area contributed by atoms with Gasteiger partial charge in [-0.2, -0.15) is 0 Å². The molecule has 6 nitrogen and oxygen atoms in total. The molecular weight excluding hydrogens is 360 g/mol. The predicted octanol–water partition coefficient (Wildman–Crippen LogP) is 3.23.